The zero-order valence-electron chi connectivity index (χ0n) is 12.8. The van der Waals surface area contributed by atoms with Crippen LogP contribution in [-0.4, -0.2) is 32.9 Å². The third kappa shape index (κ3) is 4.46. The molecule has 0 amide bonds. The molecule has 0 spiro atoms. The Morgan fingerprint density at radius 2 is 2.19 bits per heavy atom. The quantitative estimate of drug-likeness (QED) is 0.500. The highest BCUT2D eigenvalue weighted by atomic mass is 16.5. The number of nitrogens with one attached hydrogen (secondary N) is 2. The van der Waals surface area contributed by atoms with Gasteiger partial charge >= 0.3 is 0 Å². The molecule has 5 heteroatoms. The predicted octanol–water partition coefficient (Wildman–Crippen LogP) is 0.325. The summed E-state index contributed by atoms with van der Waals surface area (Å²) in [7, 11) is 0. The van der Waals surface area contributed by atoms with Gasteiger partial charge in [0.2, 0.25) is 0 Å². The number of benzene rings is 1. The van der Waals surface area contributed by atoms with Gasteiger partial charge in [0.05, 0.1) is 19.8 Å². The van der Waals surface area contributed by atoms with Crippen LogP contribution in [0.5, 0.6) is 5.75 Å². The molecule has 2 rings (SSSR count). The summed E-state index contributed by atoms with van der Waals surface area (Å²) in [4.78, 5) is 1.52. The number of rotatable bonds is 7. The fourth-order valence-electron chi connectivity index (χ4n) is 2.45. The minimum Gasteiger partial charge on any atom is -0.493 e. The molecule has 0 bridgehead atoms. The molecule has 1 saturated heterocycles. The van der Waals surface area contributed by atoms with E-state index in [-0.39, 0.29) is 0 Å². The standard InChI is InChI=1S/C16H25N3O2/c1-3-8-21-16-5-4-14(13(2)18-17)11-15(16)12-19-6-9-20-10-7-19/h4-5,11,18H,2-3,6-10,12,17H2,1H3/p+1. The van der Waals surface area contributed by atoms with Gasteiger partial charge in [-0.2, -0.15) is 0 Å². The van der Waals surface area contributed by atoms with E-state index in [4.69, 9.17) is 15.3 Å². The smallest absolute Gasteiger partial charge is 0.128 e. The van der Waals surface area contributed by atoms with Crippen LogP contribution in [0.2, 0.25) is 0 Å². The van der Waals surface area contributed by atoms with Crippen molar-refractivity contribution in [2.45, 2.75) is 19.9 Å². The molecule has 4 N–H and O–H groups in total. The molecule has 1 aliphatic heterocycles. The normalized spacial score (nSPS) is 15.7. The van der Waals surface area contributed by atoms with E-state index in [1.165, 1.54) is 10.5 Å². The molecule has 0 radical (unpaired) electrons. The van der Waals surface area contributed by atoms with Gasteiger partial charge in [-0.1, -0.05) is 13.5 Å². The number of hydrogen-bond acceptors (Lipinski definition) is 4. The zero-order chi connectivity index (χ0) is 15.1. The third-order valence-electron chi connectivity index (χ3n) is 3.69. The average molecular weight is 292 g/mol. The minimum absolute atomic E-state index is 0.718. The lowest BCUT2D eigenvalue weighted by Gasteiger charge is -2.25. The number of nitrogens with two attached hydrogens (primary N) is 1. The molecule has 0 unspecified atom stereocenters. The molecule has 0 aromatic heterocycles. The third-order valence-corrected chi connectivity index (χ3v) is 3.69. The highest BCUT2D eigenvalue weighted by Gasteiger charge is 2.17. The summed E-state index contributed by atoms with van der Waals surface area (Å²) >= 11 is 0. The Morgan fingerprint density at radius 3 is 2.86 bits per heavy atom. The molecule has 1 fully saturated rings. The van der Waals surface area contributed by atoms with E-state index in [1.54, 1.807) is 0 Å². The summed E-state index contributed by atoms with van der Waals surface area (Å²) in [5, 5.41) is 0. The van der Waals surface area contributed by atoms with E-state index >= 15 is 0 Å². The van der Waals surface area contributed by atoms with Gasteiger partial charge < -0.3 is 19.8 Å². The van der Waals surface area contributed by atoms with Crippen LogP contribution in [0.25, 0.3) is 5.70 Å². The second-order valence-corrected chi connectivity index (χ2v) is 5.33. The van der Waals surface area contributed by atoms with Crippen molar-refractivity contribution < 1.29 is 14.4 Å². The maximum atomic E-state index is 5.87. The first-order valence-electron chi connectivity index (χ1n) is 7.57. The SMILES string of the molecule is C=C(NN)c1ccc(OCCC)c(C[NH+]2CCOCC2)c1. The van der Waals surface area contributed by atoms with Gasteiger partial charge in [-0.15, -0.1) is 0 Å². The van der Waals surface area contributed by atoms with E-state index in [1.807, 2.05) is 12.1 Å². The molecule has 1 aromatic carbocycles. The average Bonchev–Trinajstić information content (AvgIpc) is 2.54. The second-order valence-electron chi connectivity index (χ2n) is 5.33. The Balaban J connectivity index is 2.17. The van der Waals surface area contributed by atoms with Crippen molar-refractivity contribution in [3.8, 4) is 5.75 Å². The van der Waals surface area contributed by atoms with Gasteiger partial charge in [0, 0.05) is 11.3 Å². The molecule has 0 aliphatic carbocycles. The van der Waals surface area contributed by atoms with E-state index in [0.717, 1.165) is 62.9 Å². The van der Waals surface area contributed by atoms with E-state index in [0.29, 0.717) is 0 Å². The highest BCUT2D eigenvalue weighted by molar-refractivity contribution is 5.63. The van der Waals surface area contributed by atoms with Crippen molar-refractivity contribution in [2.75, 3.05) is 32.9 Å². The van der Waals surface area contributed by atoms with Gasteiger partial charge in [-0.3, -0.25) is 5.84 Å². The number of morpholine rings is 1. The largest absolute Gasteiger partial charge is 0.493 e. The predicted molar refractivity (Wildman–Crippen MR) is 83.8 cm³/mol. The van der Waals surface area contributed by atoms with Crippen molar-refractivity contribution in [3.63, 3.8) is 0 Å². The van der Waals surface area contributed by atoms with Crippen LogP contribution in [0.15, 0.2) is 24.8 Å². The fraction of sp³-hybridized carbons (Fsp3) is 0.500. The first kappa shape index (κ1) is 15.8. The van der Waals surface area contributed by atoms with Crippen LogP contribution in [0.4, 0.5) is 0 Å². The molecule has 1 aromatic rings. The Labute approximate surface area is 126 Å². The summed E-state index contributed by atoms with van der Waals surface area (Å²) < 4.78 is 11.3. The summed E-state index contributed by atoms with van der Waals surface area (Å²) in [5.74, 6) is 6.42. The first-order valence-corrected chi connectivity index (χ1v) is 7.57. The lowest BCUT2D eigenvalue weighted by atomic mass is 10.1. The molecule has 1 aliphatic rings. The molecular weight excluding hydrogens is 266 g/mol. The maximum Gasteiger partial charge on any atom is 0.128 e. The van der Waals surface area contributed by atoms with Crippen molar-refractivity contribution in [3.05, 3.63) is 35.9 Å². The summed E-state index contributed by atoms with van der Waals surface area (Å²) in [5.41, 5.74) is 5.54. The molecular formula is C16H26N3O2+. The summed E-state index contributed by atoms with van der Waals surface area (Å²) in [6.07, 6.45) is 1.00. The van der Waals surface area contributed by atoms with Gasteiger partial charge in [-0.05, 0) is 30.2 Å². The lowest BCUT2D eigenvalue weighted by Crippen LogP contribution is -3.12. The van der Waals surface area contributed by atoms with Gasteiger partial charge in [0.15, 0.2) is 0 Å². The zero-order valence-corrected chi connectivity index (χ0v) is 12.8. The molecule has 5 nitrogen and oxygen atoms in total. The molecule has 0 atom stereocenters. The van der Waals surface area contributed by atoms with Crippen molar-refractivity contribution in [2.24, 2.45) is 5.84 Å². The fourth-order valence-corrected chi connectivity index (χ4v) is 2.45. The van der Waals surface area contributed by atoms with E-state index < -0.39 is 0 Å². The van der Waals surface area contributed by atoms with Crippen molar-refractivity contribution in [1.29, 1.82) is 0 Å². The number of hydrogen-bond donors (Lipinski definition) is 3. The van der Waals surface area contributed by atoms with E-state index in [9.17, 15) is 0 Å². The van der Waals surface area contributed by atoms with E-state index in [2.05, 4.69) is 25.0 Å². The van der Waals surface area contributed by atoms with Crippen LogP contribution in [-0.2, 0) is 11.3 Å². The minimum atomic E-state index is 0.718. The summed E-state index contributed by atoms with van der Waals surface area (Å²) in [6.45, 7) is 11.4. The highest BCUT2D eigenvalue weighted by Crippen LogP contribution is 2.22. The Bertz CT molecular complexity index is 471. The van der Waals surface area contributed by atoms with Crippen LogP contribution in [0.3, 0.4) is 0 Å². The Kier molecular flexibility index (Phi) is 6.04. The van der Waals surface area contributed by atoms with Crippen molar-refractivity contribution >= 4 is 5.70 Å². The first-order chi connectivity index (χ1) is 10.2. The van der Waals surface area contributed by atoms with Gasteiger partial charge in [0.25, 0.3) is 0 Å². The molecule has 21 heavy (non-hydrogen) atoms. The van der Waals surface area contributed by atoms with Crippen LogP contribution in [0, 0.1) is 0 Å². The number of ether oxygens (including phenoxy) is 2. The van der Waals surface area contributed by atoms with Gasteiger partial charge in [-0.25, -0.2) is 0 Å². The number of hydrazine groups is 1. The monoisotopic (exact) mass is 292 g/mol. The van der Waals surface area contributed by atoms with Gasteiger partial charge in [0.1, 0.15) is 25.4 Å². The van der Waals surface area contributed by atoms with Crippen LogP contribution in [0.1, 0.15) is 24.5 Å². The Hall–Kier alpha value is -1.56. The van der Waals surface area contributed by atoms with Crippen LogP contribution < -0.4 is 20.9 Å². The number of quaternary nitrogens is 1. The molecule has 1 heterocycles. The summed E-state index contributed by atoms with van der Waals surface area (Å²) in [6, 6.07) is 6.13. The lowest BCUT2D eigenvalue weighted by molar-refractivity contribution is -0.921. The molecule has 116 valence electrons. The topological polar surface area (TPSA) is 61.0 Å². The van der Waals surface area contributed by atoms with Crippen LogP contribution >= 0.6 is 0 Å². The molecule has 0 saturated carbocycles. The Morgan fingerprint density at radius 1 is 1.43 bits per heavy atom. The van der Waals surface area contributed by atoms with Crippen molar-refractivity contribution in [1.82, 2.24) is 5.43 Å². The maximum absolute atomic E-state index is 5.87. The second kappa shape index (κ2) is 8.02.